The van der Waals surface area contributed by atoms with Crippen molar-refractivity contribution in [2.75, 3.05) is 47.9 Å². The van der Waals surface area contributed by atoms with Crippen molar-refractivity contribution < 1.29 is 73.2 Å². The van der Waals surface area contributed by atoms with E-state index in [9.17, 15) is 77.6 Å². The molecule has 0 saturated carbocycles. The first kappa shape index (κ1) is 75.2. The minimum Gasteiger partial charge on any atom is -0.481 e. The third-order valence-electron chi connectivity index (χ3n) is 14.0. The van der Waals surface area contributed by atoms with E-state index in [1.165, 1.54) is 24.5 Å². The monoisotopic (exact) mass is 1360 g/mol. The third-order valence-corrected chi connectivity index (χ3v) is 14.7. The normalized spacial score (nSPS) is 13.2. The molecule has 4 aromatic heterocycles. The first-order chi connectivity index (χ1) is 45.1. The second-order valence-electron chi connectivity index (χ2n) is 21.1. The molecule has 5 amide bonds. The number of carboxylic acids is 4. The van der Waals surface area contributed by atoms with Crippen LogP contribution in [0.1, 0.15) is 82.6 Å². The predicted molar refractivity (Wildman–Crippen MR) is 345 cm³/mol. The molecule has 0 saturated heterocycles. The van der Waals surface area contributed by atoms with E-state index in [1.54, 1.807) is 36.4 Å². The summed E-state index contributed by atoms with van der Waals surface area (Å²) in [6.45, 7) is -0.178. The van der Waals surface area contributed by atoms with Crippen LogP contribution < -0.4 is 71.7 Å². The Kier molecular flexibility index (Phi) is 29.0. The van der Waals surface area contributed by atoms with Gasteiger partial charge in [-0.1, -0.05) is 24.3 Å². The number of nitrogen functional groups attached to an aromatic ring is 2. The summed E-state index contributed by atoms with van der Waals surface area (Å²) in [5, 5.41) is 52.1. The molecule has 95 heavy (non-hydrogen) atoms. The number of hydrogen-bond donors (Lipinski definition) is 19. The van der Waals surface area contributed by atoms with Gasteiger partial charge < -0.3 is 81.0 Å². The van der Waals surface area contributed by atoms with Crippen LogP contribution in [0.15, 0.2) is 70.5 Å². The van der Waals surface area contributed by atoms with E-state index in [4.69, 9.17) is 33.8 Å². The number of ketones is 2. The average Bonchev–Trinajstić information content (AvgIpc) is 0.850. The first-order valence-electron chi connectivity index (χ1n) is 28.9. The fraction of sp³-hybridized carbons (Fsp3) is 0.386. The first-order valence-corrected chi connectivity index (χ1v) is 30.2. The number of nitrogens with zero attached hydrogens (tertiary/aromatic N) is 6. The SMILES string of the molecule is NCC[C@@H](CC(=O)[C@@H](CCN)NC(=O)C[C@@H](NC(=O)c1ccc(NCc2cnc3nc(N)[nH]c(=O)c3n2)cc1)C(=O)O)C(=O)N[C@H](CS)C(=O)O.Nc1nc2ncc(CCc3ccc(C(=O)C[C@H](CCC(=O)NC[C@@H](N)C(=O)N[C@@H](CS)C(=O)O)C(=O)O)cc3)nc2c(=O)[nH]1. The number of fused-ring (bicyclic) bond motifs is 2. The molecule has 0 unspecified atom stereocenters. The van der Waals surface area contributed by atoms with Gasteiger partial charge in [-0.3, -0.25) is 57.9 Å². The van der Waals surface area contributed by atoms with E-state index in [2.05, 4.69) is 97.0 Å². The Balaban J connectivity index is 0.000000348. The number of hydrogen-bond acceptors (Lipinski definition) is 27. The molecule has 0 bridgehead atoms. The molecule has 0 spiro atoms. The summed E-state index contributed by atoms with van der Waals surface area (Å²) < 4.78 is 0. The lowest BCUT2D eigenvalue weighted by Crippen LogP contribution is -2.53. The second kappa shape index (κ2) is 36.6. The molecule has 0 aliphatic carbocycles. The standard InChI is InChI=1S/C30H39N11O9S.C27H32N8O8S/c31-7-5-15(26(45)39-20(13-51)29(49)50)9-21(42)18(6-8-32)37-22(43)10-19(28(47)48)38-25(44)14-1-3-16(4-2-14)34-11-17-12-35-24-23(36-17)27(46)41-30(33)40-24;28-17(23(38)33-18(12-44)26(42)43)11-30-20(37)8-6-15(25(40)41)9-19(36)14-4-1-13(2-5-14)3-7-16-10-31-22-21(32-16)24(39)35-27(29)34-22/h1-4,12,15,18-20,34,51H,5-11,13,31-32H2,(H,37,43)(H,38,44)(H,39,45)(H,47,48)(H,49,50)(H3,33,35,40,41,46);1-2,4-5,10,15,17-18,44H,3,6-9,11-12,28H2,(H,30,37)(H,33,38)(H,40,41)(H,42,43)(H3,29,31,34,35,39)/t15-,18+,19+,20+;15-,17+,18-/m00/s1. The van der Waals surface area contributed by atoms with Crippen molar-refractivity contribution in [2.45, 2.75) is 94.5 Å². The molecule has 0 aliphatic heterocycles. The Labute approximate surface area is 548 Å². The van der Waals surface area contributed by atoms with E-state index in [1.807, 2.05) is 0 Å². The number of carboxylic acid groups (broad SMARTS) is 4. The molecule has 6 rings (SSSR count). The molecule has 4 heterocycles. The van der Waals surface area contributed by atoms with E-state index in [0.717, 1.165) is 5.56 Å². The predicted octanol–water partition coefficient (Wildman–Crippen LogP) is -3.19. The second-order valence-corrected chi connectivity index (χ2v) is 21.8. The molecule has 38 heteroatoms. The van der Waals surface area contributed by atoms with Crippen molar-refractivity contribution >= 4 is 130 Å². The minimum atomic E-state index is -1.67. The molecule has 22 N–H and O–H groups in total. The zero-order valence-electron chi connectivity index (χ0n) is 50.5. The number of aromatic amines is 2. The van der Waals surface area contributed by atoms with Crippen LogP contribution in [0.3, 0.4) is 0 Å². The van der Waals surface area contributed by atoms with Gasteiger partial charge in [0.2, 0.25) is 35.5 Å². The number of H-pyrrole nitrogens is 2. The van der Waals surface area contributed by atoms with E-state index in [-0.39, 0.29) is 110 Å². The van der Waals surface area contributed by atoms with E-state index >= 15 is 0 Å². The van der Waals surface area contributed by atoms with Gasteiger partial charge in [-0.2, -0.15) is 35.2 Å². The van der Waals surface area contributed by atoms with Gasteiger partial charge in [0.15, 0.2) is 33.9 Å². The van der Waals surface area contributed by atoms with Gasteiger partial charge in [-0.05, 0) is 75.0 Å². The number of benzene rings is 2. The number of carbonyl (C=O) groups is 11. The van der Waals surface area contributed by atoms with Crippen LogP contribution in [0.4, 0.5) is 17.6 Å². The zero-order chi connectivity index (χ0) is 70.1. The highest BCUT2D eigenvalue weighted by atomic mass is 32.1. The van der Waals surface area contributed by atoms with Crippen LogP contribution in [-0.2, 0) is 62.5 Å². The molecule has 2 aromatic carbocycles. The van der Waals surface area contributed by atoms with Crippen molar-refractivity contribution in [1.29, 1.82) is 0 Å². The summed E-state index contributed by atoms with van der Waals surface area (Å²) >= 11 is 7.74. The molecule has 0 fully saturated rings. The van der Waals surface area contributed by atoms with Crippen LogP contribution >= 0.6 is 25.3 Å². The van der Waals surface area contributed by atoms with Gasteiger partial charge in [0.05, 0.1) is 48.7 Å². The Morgan fingerprint density at radius 2 is 1.08 bits per heavy atom. The molecule has 0 aliphatic rings. The number of nitrogens with one attached hydrogen (secondary N) is 8. The zero-order valence-corrected chi connectivity index (χ0v) is 52.3. The Morgan fingerprint density at radius 3 is 1.62 bits per heavy atom. The van der Waals surface area contributed by atoms with Crippen LogP contribution in [0.25, 0.3) is 22.3 Å². The molecule has 508 valence electrons. The van der Waals surface area contributed by atoms with Crippen molar-refractivity contribution in [3.8, 4) is 0 Å². The Morgan fingerprint density at radius 1 is 0.547 bits per heavy atom. The van der Waals surface area contributed by atoms with Gasteiger partial charge in [0.1, 0.15) is 24.2 Å². The molecule has 6 aromatic rings. The number of Topliss-reactive ketones (excluding diaryl/α,β-unsaturated/α-hetero) is 2. The summed E-state index contributed by atoms with van der Waals surface area (Å²) in [6.07, 6.45) is 2.07. The number of nitrogens with two attached hydrogens (primary N) is 5. The largest absolute Gasteiger partial charge is 0.481 e. The maximum atomic E-state index is 13.1. The quantitative estimate of drug-likeness (QED) is 0.0136. The summed E-state index contributed by atoms with van der Waals surface area (Å²) in [7, 11) is 0. The smallest absolute Gasteiger partial charge is 0.327 e. The van der Waals surface area contributed by atoms with Crippen LogP contribution in [0.2, 0.25) is 0 Å². The van der Waals surface area contributed by atoms with Crippen molar-refractivity contribution in [2.24, 2.45) is 29.0 Å². The Hall–Kier alpha value is -10.6. The van der Waals surface area contributed by atoms with Gasteiger partial charge in [-0.15, -0.1) is 0 Å². The number of rotatable bonds is 36. The molecular formula is C57H71N19O17S2. The lowest BCUT2D eigenvalue weighted by Gasteiger charge is -2.23. The van der Waals surface area contributed by atoms with Crippen LogP contribution in [-0.4, -0.2) is 187 Å². The number of carbonyl (C=O) groups excluding carboxylic acids is 7. The minimum absolute atomic E-state index is 0.00947. The number of anilines is 3. The summed E-state index contributed by atoms with van der Waals surface area (Å²) in [5.41, 5.74) is 30.0. The summed E-state index contributed by atoms with van der Waals surface area (Å²) in [6, 6.07) is 5.91. The van der Waals surface area contributed by atoms with Crippen LogP contribution in [0, 0.1) is 11.8 Å². The number of thiol groups is 2. The van der Waals surface area contributed by atoms with Crippen molar-refractivity contribution in [3.05, 3.63) is 110 Å². The van der Waals surface area contributed by atoms with Gasteiger partial charge >= 0.3 is 23.9 Å². The summed E-state index contributed by atoms with van der Waals surface area (Å²) in [5.74, 6) is -12.8. The number of aryl methyl sites for hydroxylation is 2. The topological polar surface area (TPSA) is 614 Å². The maximum Gasteiger partial charge on any atom is 0.327 e. The molecule has 7 atom stereocenters. The third kappa shape index (κ3) is 23.5. The summed E-state index contributed by atoms with van der Waals surface area (Å²) in [4.78, 5) is 188. The van der Waals surface area contributed by atoms with Crippen molar-refractivity contribution in [1.82, 2.24) is 66.5 Å². The lowest BCUT2D eigenvalue weighted by molar-refractivity contribution is -0.142. The average molecular weight is 1360 g/mol. The highest BCUT2D eigenvalue weighted by Gasteiger charge is 2.32. The van der Waals surface area contributed by atoms with Crippen LogP contribution in [0.5, 0.6) is 0 Å². The number of amides is 5. The lowest BCUT2D eigenvalue weighted by atomic mass is 9.93. The molecule has 36 nitrogen and oxygen atoms in total. The van der Waals surface area contributed by atoms with Gasteiger partial charge in [0, 0.05) is 60.0 Å². The number of aromatic nitrogens is 8. The molecular weight excluding hydrogens is 1290 g/mol. The highest BCUT2D eigenvalue weighted by Crippen LogP contribution is 2.19. The maximum absolute atomic E-state index is 13.1. The van der Waals surface area contributed by atoms with Gasteiger partial charge in [0.25, 0.3) is 17.0 Å². The van der Waals surface area contributed by atoms with Crippen molar-refractivity contribution in [3.63, 3.8) is 0 Å². The fourth-order valence-corrected chi connectivity index (χ4v) is 9.28. The number of aliphatic carboxylic acids is 4. The van der Waals surface area contributed by atoms with E-state index in [0.29, 0.717) is 35.5 Å². The molecule has 0 radical (unpaired) electrons. The van der Waals surface area contributed by atoms with E-state index < -0.39 is 131 Å². The highest BCUT2D eigenvalue weighted by molar-refractivity contribution is 7.80. The van der Waals surface area contributed by atoms with Gasteiger partial charge in [-0.25, -0.2) is 34.3 Å². The Bertz CT molecular complexity index is 3900. The fourth-order valence-electron chi connectivity index (χ4n) is 8.79.